The largest absolute Gasteiger partial charge is 0.379 e. The van der Waals surface area contributed by atoms with Crippen LogP contribution in [0.25, 0.3) is 10.8 Å². The van der Waals surface area contributed by atoms with Crippen LogP contribution in [0.4, 0.5) is 5.69 Å². The number of morpholine rings is 1. The highest BCUT2D eigenvalue weighted by Gasteiger charge is 2.29. The zero-order chi connectivity index (χ0) is 14.2. The molecule has 2 heterocycles. The van der Waals surface area contributed by atoms with Gasteiger partial charge in [-0.3, -0.25) is 9.69 Å². The van der Waals surface area contributed by atoms with E-state index < -0.39 is 0 Å². The molecule has 0 aliphatic carbocycles. The number of benzene rings is 2. The third-order valence-corrected chi connectivity index (χ3v) is 4.39. The molecule has 0 aromatic heterocycles. The van der Waals surface area contributed by atoms with Gasteiger partial charge in [0.1, 0.15) is 0 Å². The van der Waals surface area contributed by atoms with Crippen LogP contribution in [0.5, 0.6) is 0 Å². The Bertz CT molecular complexity index is 687. The van der Waals surface area contributed by atoms with Gasteiger partial charge in [0.2, 0.25) is 0 Å². The van der Waals surface area contributed by atoms with E-state index in [9.17, 15) is 4.79 Å². The summed E-state index contributed by atoms with van der Waals surface area (Å²) in [6.07, 6.45) is 0. The van der Waals surface area contributed by atoms with Gasteiger partial charge in [-0.1, -0.05) is 24.3 Å². The number of ether oxygens (including phenoxy) is 1. The lowest BCUT2D eigenvalue weighted by molar-refractivity contribution is 0.0391. The first-order valence-corrected chi connectivity index (χ1v) is 7.48. The predicted molar refractivity (Wildman–Crippen MR) is 82.9 cm³/mol. The summed E-state index contributed by atoms with van der Waals surface area (Å²) in [7, 11) is 0. The minimum Gasteiger partial charge on any atom is -0.379 e. The third-order valence-electron chi connectivity index (χ3n) is 4.39. The van der Waals surface area contributed by atoms with Gasteiger partial charge in [-0.05, 0) is 17.5 Å². The lowest BCUT2D eigenvalue weighted by atomic mass is 10.1. The summed E-state index contributed by atoms with van der Waals surface area (Å²) in [5.41, 5.74) is 1.89. The van der Waals surface area contributed by atoms with Crippen molar-refractivity contribution in [2.75, 3.05) is 44.3 Å². The molecule has 21 heavy (non-hydrogen) atoms. The highest BCUT2D eigenvalue weighted by atomic mass is 16.5. The van der Waals surface area contributed by atoms with Gasteiger partial charge in [0.15, 0.2) is 0 Å². The molecular weight excluding hydrogens is 264 g/mol. The summed E-state index contributed by atoms with van der Waals surface area (Å²) < 4.78 is 5.37. The van der Waals surface area contributed by atoms with E-state index in [-0.39, 0.29) is 5.91 Å². The Morgan fingerprint density at radius 2 is 1.76 bits per heavy atom. The summed E-state index contributed by atoms with van der Waals surface area (Å²) in [5, 5.41) is 2.25. The molecular formula is C17H18N2O2. The van der Waals surface area contributed by atoms with Gasteiger partial charge in [0.05, 0.1) is 18.9 Å². The lowest BCUT2D eigenvalue weighted by Crippen LogP contribution is -2.42. The molecule has 0 bridgehead atoms. The number of carbonyl (C=O) groups is 1. The molecule has 2 aromatic rings. The number of rotatable bonds is 3. The zero-order valence-corrected chi connectivity index (χ0v) is 11.9. The summed E-state index contributed by atoms with van der Waals surface area (Å²) >= 11 is 0. The van der Waals surface area contributed by atoms with Crippen molar-refractivity contribution in [3.8, 4) is 0 Å². The molecule has 4 nitrogen and oxygen atoms in total. The van der Waals surface area contributed by atoms with Gasteiger partial charge in [-0.25, -0.2) is 0 Å². The van der Waals surface area contributed by atoms with Crippen molar-refractivity contribution in [3.05, 3.63) is 42.0 Å². The Labute approximate surface area is 123 Å². The summed E-state index contributed by atoms with van der Waals surface area (Å²) in [4.78, 5) is 16.9. The standard InChI is InChI=1S/C17H18N2O2/c20-17-14-5-1-3-13-4-2-6-15(16(13)14)19(17)8-7-18-9-11-21-12-10-18/h1-6H,7-12H2. The minimum absolute atomic E-state index is 0.134. The first-order valence-electron chi connectivity index (χ1n) is 7.48. The average molecular weight is 282 g/mol. The number of carbonyl (C=O) groups excluding carboxylic acids is 1. The van der Waals surface area contributed by atoms with Crippen LogP contribution >= 0.6 is 0 Å². The second-order valence-corrected chi connectivity index (χ2v) is 5.59. The molecule has 2 aliphatic rings. The molecule has 0 atom stereocenters. The Kier molecular flexibility index (Phi) is 3.13. The topological polar surface area (TPSA) is 32.8 Å². The van der Waals surface area contributed by atoms with E-state index in [1.165, 1.54) is 0 Å². The second kappa shape index (κ2) is 5.13. The first-order chi connectivity index (χ1) is 10.3. The van der Waals surface area contributed by atoms with Crippen LogP contribution < -0.4 is 4.90 Å². The average Bonchev–Trinajstić information content (AvgIpc) is 2.81. The molecule has 108 valence electrons. The molecule has 1 fully saturated rings. The van der Waals surface area contributed by atoms with Gasteiger partial charge < -0.3 is 9.64 Å². The van der Waals surface area contributed by atoms with Crippen molar-refractivity contribution in [1.82, 2.24) is 4.90 Å². The Balaban J connectivity index is 1.60. The maximum Gasteiger partial charge on any atom is 0.259 e. The van der Waals surface area contributed by atoms with Crippen molar-refractivity contribution in [1.29, 1.82) is 0 Å². The van der Waals surface area contributed by atoms with Crippen LogP contribution in [0.1, 0.15) is 10.4 Å². The summed E-state index contributed by atoms with van der Waals surface area (Å²) in [6.45, 7) is 5.15. The Morgan fingerprint density at radius 3 is 2.57 bits per heavy atom. The molecule has 0 N–H and O–H groups in total. The van der Waals surface area contributed by atoms with Crippen molar-refractivity contribution in [2.45, 2.75) is 0 Å². The first kappa shape index (κ1) is 12.8. The van der Waals surface area contributed by atoms with Gasteiger partial charge in [0.25, 0.3) is 5.91 Å². The van der Waals surface area contributed by atoms with E-state index in [0.29, 0.717) is 0 Å². The van der Waals surface area contributed by atoms with Gasteiger partial charge in [-0.2, -0.15) is 0 Å². The van der Waals surface area contributed by atoms with E-state index in [1.807, 2.05) is 23.1 Å². The van der Waals surface area contributed by atoms with E-state index in [2.05, 4.69) is 23.1 Å². The number of hydrogen-bond acceptors (Lipinski definition) is 3. The number of anilines is 1. The monoisotopic (exact) mass is 282 g/mol. The normalized spacial score (nSPS) is 18.7. The Morgan fingerprint density at radius 1 is 1.00 bits per heavy atom. The fourth-order valence-electron chi connectivity index (χ4n) is 3.27. The SMILES string of the molecule is O=C1c2cccc3cccc(c23)N1CCN1CCOCC1. The van der Waals surface area contributed by atoms with E-state index in [4.69, 9.17) is 4.74 Å². The van der Waals surface area contributed by atoms with E-state index >= 15 is 0 Å². The molecule has 0 saturated carbocycles. The molecule has 1 saturated heterocycles. The fourth-order valence-corrected chi connectivity index (χ4v) is 3.27. The second-order valence-electron chi connectivity index (χ2n) is 5.59. The smallest absolute Gasteiger partial charge is 0.259 e. The van der Waals surface area contributed by atoms with Crippen molar-refractivity contribution in [2.24, 2.45) is 0 Å². The van der Waals surface area contributed by atoms with Crippen LogP contribution in [0.3, 0.4) is 0 Å². The predicted octanol–water partition coefficient (Wildman–Crippen LogP) is 2.13. The highest BCUT2D eigenvalue weighted by Crippen LogP contribution is 2.36. The molecule has 2 aromatic carbocycles. The van der Waals surface area contributed by atoms with Gasteiger partial charge in [0, 0.05) is 37.1 Å². The van der Waals surface area contributed by atoms with Gasteiger partial charge in [-0.15, -0.1) is 0 Å². The van der Waals surface area contributed by atoms with Crippen LogP contribution in [0.15, 0.2) is 36.4 Å². The third kappa shape index (κ3) is 2.11. The quantitative estimate of drug-likeness (QED) is 0.864. The number of hydrogen-bond donors (Lipinski definition) is 0. The van der Waals surface area contributed by atoms with Crippen LogP contribution in [0, 0.1) is 0 Å². The van der Waals surface area contributed by atoms with Crippen LogP contribution in [-0.2, 0) is 4.74 Å². The zero-order valence-electron chi connectivity index (χ0n) is 11.9. The van der Waals surface area contributed by atoms with Crippen LogP contribution in [0.2, 0.25) is 0 Å². The molecule has 4 heteroatoms. The highest BCUT2D eigenvalue weighted by molar-refractivity contribution is 6.24. The molecule has 4 rings (SSSR count). The molecule has 2 aliphatic heterocycles. The number of nitrogens with zero attached hydrogens (tertiary/aromatic N) is 2. The fraction of sp³-hybridized carbons (Fsp3) is 0.353. The van der Waals surface area contributed by atoms with Crippen molar-refractivity contribution in [3.63, 3.8) is 0 Å². The van der Waals surface area contributed by atoms with Crippen LogP contribution in [-0.4, -0.2) is 50.2 Å². The molecule has 1 amide bonds. The summed E-state index contributed by atoms with van der Waals surface area (Å²) in [6, 6.07) is 12.1. The summed E-state index contributed by atoms with van der Waals surface area (Å²) in [5.74, 6) is 0.134. The maximum atomic E-state index is 12.6. The van der Waals surface area contributed by atoms with E-state index in [0.717, 1.165) is 61.4 Å². The van der Waals surface area contributed by atoms with E-state index in [1.54, 1.807) is 0 Å². The van der Waals surface area contributed by atoms with Crippen molar-refractivity contribution >= 4 is 22.4 Å². The van der Waals surface area contributed by atoms with Gasteiger partial charge >= 0.3 is 0 Å². The van der Waals surface area contributed by atoms with Crippen molar-refractivity contribution < 1.29 is 9.53 Å². The maximum absolute atomic E-state index is 12.6. The number of amides is 1. The minimum atomic E-state index is 0.134. The lowest BCUT2D eigenvalue weighted by Gasteiger charge is -2.28. The molecule has 0 radical (unpaired) electrons. The molecule has 0 unspecified atom stereocenters. The Hall–Kier alpha value is -1.91. The molecule has 0 spiro atoms.